The lowest BCUT2D eigenvalue weighted by atomic mass is 9.97. The predicted octanol–water partition coefficient (Wildman–Crippen LogP) is -2.53. The molecule has 3 unspecified atom stereocenters. The number of hydrogen-bond donors (Lipinski definition) is 1. The molecule has 0 saturated carbocycles. The minimum atomic E-state index is -1.27. The molecule has 1 saturated heterocycles. The van der Waals surface area contributed by atoms with Gasteiger partial charge in [-0.3, -0.25) is 15.1 Å². The average molecular weight is 347 g/mol. The lowest BCUT2D eigenvalue weighted by molar-refractivity contribution is -0.104. The van der Waals surface area contributed by atoms with Crippen LogP contribution in [-0.4, -0.2) is 72.6 Å². The van der Waals surface area contributed by atoms with Gasteiger partial charge in [0.25, 0.3) is 0 Å². The van der Waals surface area contributed by atoms with E-state index in [2.05, 4.69) is 16.8 Å². The van der Waals surface area contributed by atoms with Crippen LogP contribution in [0.3, 0.4) is 0 Å². The molecule has 1 aromatic heterocycles. The number of nitrogens with two attached hydrogens (primary N) is 1. The number of piperazine rings is 1. The maximum absolute atomic E-state index is 15.1. The third kappa shape index (κ3) is 2.53. The summed E-state index contributed by atoms with van der Waals surface area (Å²) in [6.45, 7) is 5.85. The van der Waals surface area contributed by atoms with E-state index in [9.17, 15) is 4.79 Å². The van der Waals surface area contributed by atoms with Gasteiger partial charge >= 0.3 is 0 Å². The van der Waals surface area contributed by atoms with Crippen LogP contribution in [0.15, 0.2) is 11.0 Å². The van der Waals surface area contributed by atoms with Gasteiger partial charge in [0.2, 0.25) is 5.43 Å². The topological polar surface area (TPSA) is 63.3 Å². The van der Waals surface area contributed by atoms with Gasteiger partial charge in [-0.1, -0.05) is 0 Å². The van der Waals surface area contributed by atoms with Crippen molar-refractivity contribution in [2.24, 2.45) is 0 Å². The lowest BCUT2D eigenvalue weighted by Gasteiger charge is -2.41. The molecule has 0 spiro atoms. The first-order valence-electron chi connectivity index (χ1n) is 8.77. The van der Waals surface area contributed by atoms with Crippen molar-refractivity contribution in [2.45, 2.75) is 25.2 Å². The van der Waals surface area contributed by atoms with E-state index in [1.807, 2.05) is 11.5 Å². The quantitative estimate of drug-likeness (QED) is 0.600. The van der Waals surface area contributed by atoms with Crippen LogP contribution in [0.5, 0.6) is 0 Å². The van der Waals surface area contributed by atoms with Crippen molar-refractivity contribution in [3.8, 4) is 0 Å². The fourth-order valence-corrected chi connectivity index (χ4v) is 4.00. The highest BCUT2D eigenvalue weighted by Gasteiger charge is 2.38. The minimum absolute atomic E-state index is 0.0644. The lowest BCUT2D eigenvalue weighted by Crippen LogP contribution is -2.61. The Kier molecular flexibility index (Phi) is 4.00. The van der Waals surface area contributed by atoms with Crippen molar-refractivity contribution in [2.75, 3.05) is 39.8 Å². The van der Waals surface area contributed by atoms with Gasteiger partial charge in [0.15, 0.2) is 6.21 Å². The van der Waals surface area contributed by atoms with Crippen LogP contribution in [-0.2, 0) is 4.74 Å². The van der Waals surface area contributed by atoms with Crippen LogP contribution in [0.1, 0.15) is 18.5 Å². The number of aromatic nitrogens is 1. The summed E-state index contributed by atoms with van der Waals surface area (Å²) in [5.74, 6) is 0.591. The van der Waals surface area contributed by atoms with Crippen molar-refractivity contribution in [1.82, 2.24) is 14.4 Å². The third-order valence-corrected chi connectivity index (χ3v) is 5.49. The van der Waals surface area contributed by atoms with Crippen molar-refractivity contribution in [1.29, 1.82) is 0 Å². The molecule has 134 valence electrons. The summed E-state index contributed by atoms with van der Waals surface area (Å²) >= 11 is 0. The Morgan fingerprint density at radius 1 is 1.32 bits per heavy atom. The summed E-state index contributed by atoms with van der Waals surface area (Å²) < 4.78 is 23.1. The second-order valence-electron chi connectivity index (χ2n) is 7.17. The van der Waals surface area contributed by atoms with Gasteiger partial charge in [0.1, 0.15) is 30.1 Å². The number of halogens is 1. The highest BCUT2D eigenvalue weighted by atomic mass is 19.1. The first-order chi connectivity index (χ1) is 12.0. The Labute approximate surface area is 145 Å². The van der Waals surface area contributed by atoms with Crippen LogP contribution < -0.4 is 21.4 Å². The second-order valence-corrected chi connectivity index (χ2v) is 7.17. The maximum Gasteiger partial charge on any atom is 0.202 e. The standard InChI is InChI=1S/C18H23FN4O2/c1-11-10-25-18-15-13(17(24)12(8-20)9-23(11)15)7-14(19)16(18)22-5-3-21(2)4-6-22/h7-9,11,14,16,20H,3-6,10H2,1-2H3/p+1. The third-order valence-electron chi connectivity index (χ3n) is 5.49. The Bertz CT molecular complexity index is 886. The van der Waals surface area contributed by atoms with E-state index < -0.39 is 12.2 Å². The highest BCUT2D eigenvalue weighted by Crippen LogP contribution is 2.25. The van der Waals surface area contributed by atoms with Crippen molar-refractivity contribution in [3.05, 3.63) is 32.6 Å². The highest BCUT2D eigenvalue weighted by molar-refractivity contribution is 5.74. The molecule has 0 amide bonds. The Balaban J connectivity index is 1.93. The molecule has 0 radical (unpaired) electrons. The number of nitrogens with zero attached hydrogens (tertiary/aromatic N) is 3. The minimum Gasteiger partial charge on any atom is -0.492 e. The first kappa shape index (κ1) is 16.5. The van der Waals surface area contributed by atoms with Gasteiger partial charge in [-0.2, -0.15) is 0 Å². The molecule has 2 N–H and O–H groups in total. The monoisotopic (exact) mass is 347 g/mol. The van der Waals surface area contributed by atoms with Crippen LogP contribution in [0.4, 0.5) is 4.39 Å². The van der Waals surface area contributed by atoms with Crippen LogP contribution >= 0.6 is 0 Å². The SMILES string of the molecule is CC1COC2=c3c(c(=O)c(C=[NH2+])cn31)=CC(F)C2N1CCN(C)CC1. The number of hydrogen-bond acceptors (Lipinski definition) is 4. The molecule has 6 nitrogen and oxygen atoms in total. The summed E-state index contributed by atoms with van der Waals surface area (Å²) in [4.78, 5) is 17.0. The van der Waals surface area contributed by atoms with Gasteiger partial charge < -0.3 is 14.2 Å². The molecule has 3 aliphatic rings. The van der Waals surface area contributed by atoms with Crippen LogP contribution in [0, 0.1) is 0 Å². The molecular formula is C18H24FN4O2+. The van der Waals surface area contributed by atoms with Crippen molar-refractivity contribution >= 4 is 18.0 Å². The first-order valence-corrected chi connectivity index (χ1v) is 8.77. The van der Waals surface area contributed by atoms with E-state index in [1.165, 1.54) is 12.3 Å². The molecule has 3 heterocycles. The summed E-state index contributed by atoms with van der Waals surface area (Å²) in [5.41, 5.74) is 0.164. The van der Waals surface area contributed by atoms with Gasteiger partial charge in [-0.15, -0.1) is 0 Å². The summed E-state index contributed by atoms with van der Waals surface area (Å²) in [7, 11) is 2.07. The smallest absolute Gasteiger partial charge is 0.202 e. The van der Waals surface area contributed by atoms with Crippen molar-refractivity contribution in [3.63, 3.8) is 0 Å². The molecule has 0 bridgehead atoms. The molecule has 25 heavy (non-hydrogen) atoms. The van der Waals surface area contributed by atoms with E-state index >= 15 is 4.39 Å². The fraction of sp³-hybridized carbons (Fsp3) is 0.556. The van der Waals surface area contributed by atoms with Crippen molar-refractivity contribution < 1.29 is 14.5 Å². The molecule has 2 aliphatic heterocycles. The zero-order chi connectivity index (χ0) is 17.7. The summed E-state index contributed by atoms with van der Waals surface area (Å²) in [6, 6.07) is -0.401. The fourth-order valence-electron chi connectivity index (χ4n) is 4.00. The van der Waals surface area contributed by atoms with Gasteiger partial charge in [0.05, 0.1) is 11.4 Å². The number of rotatable bonds is 2. The van der Waals surface area contributed by atoms with Gasteiger partial charge in [-0.05, 0) is 20.0 Å². The normalized spacial score (nSPS) is 29.6. The molecule has 7 heteroatoms. The second kappa shape index (κ2) is 6.07. The molecular weight excluding hydrogens is 323 g/mol. The molecule has 1 aromatic rings. The Hall–Kier alpha value is -1.99. The van der Waals surface area contributed by atoms with E-state index in [4.69, 9.17) is 10.1 Å². The van der Waals surface area contributed by atoms with Crippen LogP contribution in [0.25, 0.3) is 11.8 Å². The van der Waals surface area contributed by atoms with E-state index in [0.29, 0.717) is 28.5 Å². The zero-order valence-electron chi connectivity index (χ0n) is 14.6. The molecule has 4 rings (SSSR count). The Morgan fingerprint density at radius 2 is 2.04 bits per heavy atom. The molecule has 1 aliphatic carbocycles. The number of alkyl halides is 1. The van der Waals surface area contributed by atoms with E-state index in [0.717, 1.165) is 26.2 Å². The largest absolute Gasteiger partial charge is 0.492 e. The van der Waals surface area contributed by atoms with E-state index in [-0.39, 0.29) is 11.5 Å². The summed E-state index contributed by atoms with van der Waals surface area (Å²) in [6.07, 6.45) is 3.24. The van der Waals surface area contributed by atoms with Crippen LogP contribution in [0.2, 0.25) is 0 Å². The molecule has 1 fully saturated rings. The van der Waals surface area contributed by atoms with E-state index in [1.54, 1.807) is 6.20 Å². The number of likely N-dealkylation sites (N-methyl/N-ethyl adjacent to an activating group) is 1. The zero-order valence-corrected chi connectivity index (χ0v) is 14.6. The van der Waals surface area contributed by atoms with Gasteiger partial charge in [0, 0.05) is 37.6 Å². The predicted molar refractivity (Wildman–Crippen MR) is 93.3 cm³/mol. The summed E-state index contributed by atoms with van der Waals surface area (Å²) in [5, 5.41) is 6.69. The maximum atomic E-state index is 15.1. The number of pyridine rings is 1. The molecule has 3 atom stereocenters. The Morgan fingerprint density at radius 3 is 2.72 bits per heavy atom. The molecule has 0 aromatic carbocycles. The number of ether oxygens (including phenoxy) is 1. The van der Waals surface area contributed by atoms with Gasteiger partial charge in [-0.25, -0.2) is 4.39 Å². The average Bonchev–Trinajstić information content (AvgIpc) is 2.60.